The minimum atomic E-state index is -0.570. The van der Waals surface area contributed by atoms with Crippen molar-refractivity contribution in [1.29, 1.82) is 0 Å². The van der Waals surface area contributed by atoms with Crippen molar-refractivity contribution in [2.45, 2.75) is 228 Å². The van der Waals surface area contributed by atoms with E-state index < -0.39 is 12.1 Å². The molecule has 574 valence electrons. The van der Waals surface area contributed by atoms with Gasteiger partial charge in [0.25, 0.3) is 0 Å². The molecule has 12 aliphatic rings. The number of hydrogen-bond donors (Lipinski definition) is 1. The fourth-order valence-electron chi connectivity index (χ4n) is 15.1. The molecule has 4 aliphatic carbocycles. The molecule has 0 aromatic carbocycles. The maximum atomic E-state index is 12.5. The zero-order valence-corrected chi connectivity index (χ0v) is 61.0. The van der Waals surface area contributed by atoms with E-state index >= 15 is 0 Å². The van der Waals surface area contributed by atoms with Crippen LogP contribution in [0.2, 0.25) is 0 Å². The first-order chi connectivity index (χ1) is 50.3. The van der Waals surface area contributed by atoms with Crippen LogP contribution < -0.4 is 0 Å². The van der Waals surface area contributed by atoms with Crippen molar-refractivity contribution in [1.82, 2.24) is 44.3 Å². The predicted molar refractivity (Wildman–Crippen MR) is 379 cm³/mol. The van der Waals surface area contributed by atoms with Crippen LogP contribution in [0.1, 0.15) is 157 Å². The van der Waals surface area contributed by atoms with Crippen molar-refractivity contribution < 1.29 is 95.6 Å². The number of allylic oxidation sites excluding steroid dienone is 4. The summed E-state index contributed by atoms with van der Waals surface area (Å²) in [5, 5.41) is 20.6. The number of epoxide rings is 4. The fourth-order valence-corrected chi connectivity index (χ4v) is 15.1. The Labute approximate surface area is 625 Å². The first kappa shape index (κ1) is 80.2. The highest BCUT2D eigenvalue weighted by Gasteiger charge is 2.65. The third-order valence-corrected chi connectivity index (χ3v) is 21.8. The lowest BCUT2D eigenvalue weighted by Gasteiger charge is -2.20. The first-order valence-corrected chi connectivity index (χ1v) is 36.7. The topological polar surface area (TPSA) is 364 Å². The molecular weight excluding hydrogens is 1420 g/mol. The SMILES string of the molecule is C.C=C1C(=O)O[C@H]2[C@H]1CC/C(CO)=C\CC[C@@]1(C)O[C@@H]21.C=C1C(=O)O[C@H]2[C@H]1CC/C(COC(=O)CCCC(=O)OC/C1=C/CC[C@@]3(C)O[C@H]3[C@H]3OC(=O)C(=C)[C@@H]3CC1)=C\CC[C@@]1(C)O[C@@H]21.C=C1C(=O)O[C@H]2[C@H]1CC/C(COC(=O)n1cncn1)=C\CC[C@@]1(C)O[C@@H]21.ClCCl.O=C(n1cncn1)n1cncn1. The van der Waals surface area contributed by atoms with Gasteiger partial charge in [0.15, 0.2) is 0 Å². The molecule has 31 heteroatoms. The Morgan fingerprint density at radius 1 is 0.481 bits per heavy atom. The molecule has 0 amide bonds. The van der Waals surface area contributed by atoms with Crippen LogP contribution >= 0.6 is 23.2 Å². The summed E-state index contributed by atoms with van der Waals surface area (Å²) in [7, 11) is 0. The second kappa shape index (κ2) is 34.7. The van der Waals surface area contributed by atoms with Gasteiger partial charge in [-0.3, -0.25) is 9.59 Å². The molecule has 8 aliphatic heterocycles. The molecule has 11 heterocycles. The van der Waals surface area contributed by atoms with Gasteiger partial charge < -0.3 is 57.2 Å². The van der Waals surface area contributed by atoms with E-state index in [1.807, 2.05) is 20.8 Å². The fraction of sp³-hybridized carbons (Fsp3) is 0.600. The summed E-state index contributed by atoms with van der Waals surface area (Å²) < 4.78 is 65.4. The number of carbonyl (C=O) groups is 8. The van der Waals surface area contributed by atoms with Gasteiger partial charge in [0.2, 0.25) is 0 Å². The Bertz CT molecular complexity index is 3780. The summed E-state index contributed by atoms with van der Waals surface area (Å²) in [6, 6.07) is -0.412. The van der Waals surface area contributed by atoms with Gasteiger partial charge in [-0.05, 0) is 159 Å². The number of halogens is 2. The van der Waals surface area contributed by atoms with E-state index in [1.54, 1.807) is 0 Å². The summed E-state index contributed by atoms with van der Waals surface area (Å²) in [5.41, 5.74) is 4.96. The normalized spacial score (nSPS) is 34.9. The third kappa shape index (κ3) is 19.1. The molecule has 0 unspecified atom stereocenters. The number of carbonyl (C=O) groups excluding carboxylic acids is 8. The Morgan fingerprint density at radius 3 is 1.06 bits per heavy atom. The van der Waals surface area contributed by atoms with Gasteiger partial charge >= 0.3 is 47.9 Å². The molecule has 0 radical (unpaired) electrons. The zero-order chi connectivity index (χ0) is 75.0. The minimum absolute atomic E-state index is 0. The third-order valence-electron chi connectivity index (χ3n) is 21.8. The number of aliphatic hydroxyl groups is 1. The highest BCUT2D eigenvalue weighted by Crippen LogP contribution is 2.54. The van der Waals surface area contributed by atoms with E-state index in [4.69, 9.17) is 75.3 Å². The molecule has 106 heavy (non-hydrogen) atoms. The first-order valence-electron chi connectivity index (χ1n) is 35.6. The second-order valence-electron chi connectivity index (χ2n) is 29.0. The van der Waals surface area contributed by atoms with Crippen molar-refractivity contribution in [2.24, 2.45) is 23.7 Å². The van der Waals surface area contributed by atoms with E-state index in [9.17, 15) is 43.5 Å². The van der Waals surface area contributed by atoms with E-state index in [1.165, 1.54) is 38.0 Å². The Hall–Kier alpha value is -8.32. The van der Waals surface area contributed by atoms with E-state index in [-0.39, 0.29) is 183 Å². The largest absolute Gasteiger partial charge is 0.461 e. The lowest BCUT2D eigenvalue weighted by Crippen LogP contribution is -2.29. The number of esters is 6. The molecule has 0 bridgehead atoms. The molecule has 8 fully saturated rings. The van der Waals surface area contributed by atoms with Crippen LogP contribution in [-0.4, -0.2) is 200 Å². The summed E-state index contributed by atoms with van der Waals surface area (Å²) in [5.74, 6) is -2.34. The molecule has 3 aromatic heterocycles. The number of alkyl halides is 2. The van der Waals surface area contributed by atoms with E-state index in [0.29, 0.717) is 67.2 Å². The molecule has 16 atom stereocenters. The Morgan fingerprint density at radius 2 is 0.764 bits per heavy atom. The van der Waals surface area contributed by atoms with E-state index in [0.717, 1.165) is 101 Å². The standard InChI is InChI=1S/C35H44O10.C18H21N3O5.C15H20O4.C5H4N6O.CH2Cl2.CH4/c1-20-24-14-12-22(8-6-16-34(3)30(44-34)28(24)42-32(20)38)18-40-26(36)10-5-11-27(37)41-19-23-9-7-17-35(4)31(45-35)29-25(15-13-23)21(2)33(39)43-29;1-11-13-6-5-12(8-24-17(23)21-10-19-9-20-21)4-3-7-18(2)15(26-18)14(13)25-16(11)22;1-9-11-6-5-10(8-16)4-3-7-15(2)13(19-15)12(11)18-14(9)17;12-5(10-3-6-1-8-10)11-4-7-2-9-11;2-1-3;/h8-9,24-25,28-31H,1-2,5-7,10-19H2,3-4H3;4,9-10,13-15H,1,3,5-8H2,2H3;4,11-13,16H,1,3,5-8H2,2H3;1-4H;1H2;1H4/b22-8+,23-9+;12-4+;10-4+;;;/t24-,25-,28-,29-,30-,31-,34+,35+;13-,14-,15-,18+;11-,12-,13-,15+;;;/m000.../s1. The van der Waals surface area contributed by atoms with E-state index in [2.05, 4.69) is 87.8 Å². The van der Waals surface area contributed by atoms with Crippen molar-refractivity contribution in [2.75, 3.05) is 31.8 Å². The average molecular weight is 1510 g/mol. The molecule has 0 spiro atoms. The van der Waals surface area contributed by atoms with Crippen LogP contribution in [0.25, 0.3) is 0 Å². The maximum absolute atomic E-state index is 12.5. The highest BCUT2D eigenvalue weighted by molar-refractivity contribution is 6.40. The number of fused-ring (bicyclic) bond motifs is 12. The Balaban J connectivity index is 0.000000165. The number of hydrogen-bond acceptors (Lipinski definition) is 26. The van der Waals surface area contributed by atoms with Crippen LogP contribution in [0, 0.1) is 23.7 Å². The molecule has 3 aromatic rings. The predicted octanol–water partition coefficient (Wildman–Crippen LogP) is 9.95. The van der Waals surface area contributed by atoms with Gasteiger partial charge in [-0.2, -0.15) is 24.2 Å². The Kier molecular flexibility index (Phi) is 26.3. The molecule has 15 rings (SSSR count). The maximum Gasteiger partial charge on any atom is 0.436 e. The highest BCUT2D eigenvalue weighted by atomic mass is 35.5. The second-order valence-corrected chi connectivity index (χ2v) is 29.8. The molecule has 1 N–H and O–H groups in total. The smallest absolute Gasteiger partial charge is 0.436 e. The minimum Gasteiger partial charge on any atom is -0.461 e. The number of ether oxygens (including phenoxy) is 11. The zero-order valence-electron chi connectivity index (χ0n) is 59.5. The summed E-state index contributed by atoms with van der Waals surface area (Å²) in [4.78, 5) is 107. The average Bonchev–Trinajstić information content (AvgIpc) is 1.60. The van der Waals surface area contributed by atoms with Gasteiger partial charge in [-0.25, -0.2) is 43.7 Å². The summed E-state index contributed by atoms with van der Waals surface area (Å²) in [6.07, 6.45) is 27.0. The number of aromatic nitrogens is 9. The number of rotatable bonds is 11. The number of aliphatic hydroxyl groups excluding tert-OH is 1. The monoisotopic (exact) mass is 1510 g/mol. The molecule has 8 saturated heterocycles. The molecular formula is C75H95Cl2N9O20. The van der Waals surface area contributed by atoms with Crippen LogP contribution in [0.15, 0.2) is 133 Å². The molecule has 29 nitrogen and oxygen atoms in total. The van der Waals surface area contributed by atoms with Crippen molar-refractivity contribution >= 4 is 71.1 Å². The lowest BCUT2D eigenvalue weighted by molar-refractivity contribution is -0.145. The van der Waals surface area contributed by atoms with Gasteiger partial charge in [0, 0.05) is 58.8 Å². The number of nitrogens with zero attached hydrogens (tertiary/aromatic N) is 9. The lowest BCUT2D eigenvalue weighted by atomic mass is 9.84. The van der Waals surface area contributed by atoms with Crippen LogP contribution in [0.4, 0.5) is 9.59 Å². The summed E-state index contributed by atoms with van der Waals surface area (Å²) in [6.45, 7) is 24.5. The van der Waals surface area contributed by atoms with Crippen LogP contribution in [0.5, 0.6) is 0 Å². The quantitative estimate of drug-likeness (QED) is 0.0465. The van der Waals surface area contributed by atoms with Gasteiger partial charge in [0.1, 0.15) is 107 Å². The van der Waals surface area contributed by atoms with Crippen LogP contribution in [-0.2, 0) is 80.9 Å². The van der Waals surface area contributed by atoms with Crippen molar-refractivity contribution in [3.63, 3.8) is 0 Å². The summed E-state index contributed by atoms with van der Waals surface area (Å²) >= 11 is 9.53. The van der Waals surface area contributed by atoms with Crippen molar-refractivity contribution in [3.8, 4) is 0 Å². The van der Waals surface area contributed by atoms with Gasteiger partial charge in [0.05, 0.1) is 34.4 Å². The van der Waals surface area contributed by atoms with Crippen LogP contribution in [0.3, 0.4) is 0 Å². The molecule has 0 saturated carbocycles. The van der Waals surface area contributed by atoms with Gasteiger partial charge in [-0.15, -0.1) is 28.3 Å². The van der Waals surface area contributed by atoms with Gasteiger partial charge in [-0.1, -0.05) is 58.0 Å². The van der Waals surface area contributed by atoms with Crippen molar-refractivity contribution in [3.05, 3.63) is 133 Å².